The molecule has 0 aliphatic carbocycles. The minimum absolute atomic E-state index is 0.0558. The highest BCUT2D eigenvalue weighted by atomic mass is 79.9. The van der Waals surface area contributed by atoms with Crippen molar-refractivity contribution in [3.05, 3.63) is 41.6 Å². The fourth-order valence-corrected chi connectivity index (χ4v) is 2.43. The SMILES string of the molecule is COCC(CBr)NC(=O)c1cc(C)nc2ccccc12. The molecule has 1 N–H and O–H groups in total. The molecule has 5 heteroatoms. The van der Waals surface area contributed by atoms with Gasteiger partial charge in [0.2, 0.25) is 0 Å². The van der Waals surface area contributed by atoms with Crippen molar-refractivity contribution in [2.45, 2.75) is 13.0 Å². The molecule has 0 fully saturated rings. The van der Waals surface area contributed by atoms with Crippen molar-refractivity contribution in [3.8, 4) is 0 Å². The number of para-hydroxylation sites is 1. The van der Waals surface area contributed by atoms with E-state index in [9.17, 15) is 4.79 Å². The predicted octanol–water partition coefficient (Wildman–Crippen LogP) is 2.68. The Morgan fingerprint density at radius 1 is 1.45 bits per heavy atom. The first-order valence-corrected chi connectivity index (χ1v) is 7.50. The minimum atomic E-state index is -0.104. The molecule has 4 nitrogen and oxygen atoms in total. The molecule has 0 saturated carbocycles. The normalized spacial score (nSPS) is 12.3. The number of hydrogen-bond acceptors (Lipinski definition) is 3. The molecule has 0 aliphatic heterocycles. The van der Waals surface area contributed by atoms with Gasteiger partial charge in [0.05, 0.1) is 23.7 Å². The number of nitrogens with one attached hydrogen (secondary N) is 1. The van der Waals surface area contributed by atoms with Crippen LogP contribution in [0, 0.1) is 6.92 Å². The number of aromatic nitrogens is 1. The summed E-state index contributed by atoms with van der Waals surface area (Å²) in [5.41, 5.74) is 2.31. The van der Waals surface area contributed by atoms with Gasteiger partial charge in [-0.05, 0) is 19.1 Å². The molecule has 0 radical (unpaired) electrons. The van der Waals surface area contributed by atoms with E-state index in [4.69, 9.17) is 4.74 Å². The van der Waals surface area contributed by atoms with Crippen LogP contribution in [0.1, 0.15) is 16.1 Å². The van der Waals surface area contributed by atoms with Gasteiger partial charge >= 0.3 is 0 Å². The summed E-state index contributed by atoms with van der Waals surface area (Å²) < 4.78 is 5.09. The summed E-state index contributed by atoms with van der Waals surface area (Å²) in [6.45, 7) is 2.36. The lowest BCUT2D eigenvalue weighted by atomic mass is 10.1. The maximum Gasteiger partial charge on any atom is 0.252 e. The van der Waals surface area contributed by atoms with Crippen LogP contribution in [0.5, 0.6) is 0 Å². The maximum absolute atomic E-state index is 12.4. The van der Waals surface area contributed by atoms with E-state index < -0.39 is 0 Å². The van der Waals surface area contributed by atoms with E-state index in [1.54, 1.807) is 7.11 Å². The highest BCUT2D eigenvalue weighted by molar-refractivity contribution is 9.09. The number of pyridine rings is 1. The number of alkyl halides is 1. The van der Waals surface area contributed by atoms with Crippen LogP contribution in [0.4, 0.5) is 0 Å². The lowest BCUT2D eigenvalue weighted by Gasteiger charge is -2.16. The first kappa shape index (κ1) is 14.9. The molecule has 1 atom stereocenters. The van der Waals surface area contributed by atoms with E-state index in [2.05, 4.69) is 26.2 Å². The van der Waals surface area contributed by atoms with Crippen LogP contribution in [0.25, 0.3) is 10.9 Å². The smallest absolute Gasteiger partial charge is 0.252 e. The van der Waals surface area contributed by atoms with Crippen molar-refractivity contribution in [2.75, 3.05) is 19.0 Å². The number of ether oxygens (including phenoxy) is 1. The number of rotatable bonds is 5. The van der Waals surface area contributed by atoms with Gasteiger partial charge in [-0.2, -0.15) is 0 Å². The Morgan fingerprint density at radius 3 is 2.90 bits per heavy atom. The van der Waals surface area contributed by atoms with E-state index in [0.29, 0.717) is 17.5 Å². The van der Waals surface area contributed by atoms with Gasteiger partial charge in [-0.1, -0.05) is 34.1 Å². The molecule has 1 aromatic carbocycles. The highest BCUT2D eigenvalue weighted by Crippen LogP contribution is 2.18. The number of halogens is 1. The fourth-order valence-electron chi connectivity index (χ4n) is 2.08. The Hall–Kier alpha value is -1.46. The van der Waals surface area contributed by atoms with Gasteiger partial charge in [-0.15, -0.1) is 0 Å². The molecule has 1 heterocycles. The number of amides is 1. The zero-order chi connectivity index (χ0) is 14.5. The zero-order valence-corrected chi connectivity index (χ0v) is 13.1. The van der Waals surface area contributed by atoms with E-state index in [1.807, 2.05) is 37.3 Å². The Morgan fingerprint density at radius 2 is 2.20 bits per heavy atom. The first-order chi connectivity index (χ1) is 9.65. The molecular weight excluding hydrogens is 320 g/mol. The molecule has 0 aliphatic rings. The number of fused-ring (bicyclic) bond motifs is 1. The minimum Gasteiger partial charge on any atom is -0.383 e. The van der Waals surface area contributed by atoms with Gasteiger partial charge in [0, 0.05) is 23.5 Å². The van der Waals surface area contributed by atoms with Gasteiger partial charge in [0.15, 0.2) is 0 Å². The summed E-state index contributed by atoms with van der Waals surface area (Å²) in [5.74, 6) is -0.104. The van der Waals surface area contributed by atoms with Gasteiger partial charge in [0.1, 0.15) is 0 Å². The van der Waals surface area contributed by atoms with Crippen molar-refractivity contribution in [3.63, 3.8) is 0 Å². The number of nitrogens with zero attached hydrogens (tertiary/aromatic N) is 1. The molecule has 0 bridgehead atoms. The van der Waals surface area contributed by atoms with Crippen molar-refractivity contribution in [2.24, 2.45) is 0 Å². The summed E-state index contributed by atoms with van der Waals surface area (Å²) >= 11 is 3.38. The number of carbonyl (C=O) groups excluding carboxylic acids is 1. The van der Waals surface area contributed by atoms with Gasteiger partial charge < -0.3 is 10.1 Å². The van der Waals surface area contributed by atoms with Crippen LogP contribution < -0.4 is 5.32 Å². The van der Waals surface area contributed by atoms with E-state index in [0.717, 1.165) is 16.6 Å². The summed E-state index contributed by atoms with van der Waals surface area (Å²) in [4.78, 5) is 16.9. The van der Waals surface area contributed by atoms with Crippen LogP contribution in [0.15, 0.2) is 30.3 Å². The predicted molar refractivity (Wildman–Crippen MR) is 83.4 cm³/mol. The Kier molecular flexibility index (Phi) is 5.09. The molecule has 106 valence electrons. The molecule has 0 saturated heterocycles. The number of methoxy groups -OCH3 is 1. The zero-order valence-electron chi connectivity index (χ0n) is 11.5. The average molecular weight is 337 g/mol. The van der Waals surface area contributed by atoms with E-state index >= 15 is 0 Å². The third kappa shape index (κ3) is 3.35. The van der Waals surface area contributed by atoms with Gasteiger partial charge in [0.25, 0.3) is 5.91 Å². The summed E-state index contributed by atoms with van der Waals surface area (Å²) in [6, 6.07) is 9.41. The number of aryl methyl sites for hydroxylation is 1. The number of carbonyl (C=O) groups is 1. The standard InChI is InChI=1S/C15H17BrN2O2/c1-10-7-13(12-5-3-4-6-14(12)17-10)15(19)18-11(8-16)9-20-2/h3-7,11H,8-9H2,1-2H3,(H,18,19). The van der Waals surface area contributed by atoms with Crippen LogP contribution >= 0.6 is 15.9 Å². The van der Waals surface area contributed by atoms with Crippen LogP contribution in [-0.2, 0) is 4.74 Å². The lowest BCUT2D eigenvalue weighted by Crippen LogP contribution is -2.39. The molecule has 1 amide bonds. The molecule has 1 unspecified atom stereocenters. The second kappa shape index (κ2) is 6.81. The Labute approximate surface area is 126 Å². The second-order valence-electron chi connectivity index (χ2n) is 4.61. The van der Waals surface area contributed by atoms with Crippen molar-refractivity contribution in [1.29, 1.82) is 0 Å². The van der Waals surface area contributed by atoms with Gasteiger partial charge in [-0.3, -0.25) is 9.78 Å². The molecule has 2 rings (SSSR count). The Balaban J connectivity index is 2.34. The van der Waals surface area contributed by atoms with Gasteiger partial charge in [-0.25, -0.2) is 0 Å². The summed E-state index contributed by atoms with van der Waals surface area (Å²) in [5, 5.41) is 4.47. The topological polar surface area (TPSA) is 51.2 Å². The molecular formula is C15H17BrN2O2. The van der Waals surface area contributed by atoms with Crippen molar-refractivity contribution < 1.29 is 9.53 Å². The Bertz CT molecular complexity index is 616. The average Bonchev–Trinajstić information content (AvgIpc) is 2.45. The molecule has 20 heavy (non-hydrogen) atoms. The molecule has 0 spiro atoms. The summed E-state index contributed by atoms with van der Waals surface area (Å²) in [6.07, 6.45) is 0. The molecule has 2 aromatic rings. The van der Waals surface area contributed by atoms with Crippen LogP contribution in [0.2, 0.25) is 0 Å². The quantitative estimate of drug-likeness (QED) is 0.854. The first-order valence-electron chi connectivity index (χ1n) is 6.38. The third-order valence-electron chi connectivity index (χ3n) is 2.98. The highest BCUT2D eigenvalue weighted by Gasteiger charge is 2.15. The number of benzene rings is 1. The second-order valence-corrected chi connectivity index (χ2v) is 5.26. The van der Waals surface area contributed by atoms with Crippen LogP contribution in [0.3, 0.4) is 0 Å². The third-order valence-corrected chi connectivity index (χ3v) is 3.76. The van der Waals surface area contributed by atoms with Crippen molar-refractivity contribution in [1.82, 2.24) is 10.3 Å². The largest absolute Gasteiger partial charge is 0.383 e. The summed E-state index contributed by atoms with van der Waals surface area (Å²) in [7, 11) is 1.62. The fraction of sp³-hybridized carbons (Fsp3) is 0.333. The van der Waals surface area contributed by atoms with Crippen molar-refractivity contribution >= 4 is 32.7 Å². The number of hydrogen-bond donors (Lipinski definition) is 1. The lowest BCUT2D eigenvalue weighted by molar-refractivity contribution is 0.0909. The maximum atomic E-state index is 12.4. The monoisotopic (exact) mass is 336 g/mol. The van der Waals surface area contributed by atoms with Crippen LogP contribution in [-0.4, -0.2) is 36.0 Å². The van der Waals surface area contributed by atoms with E-state index in [1.165, 1.54) is 0 Å². The molecule has 1 aromatic heterocycles. The van der Waals surface area contributed by atoms with E-state index in [-0.39, 0.29) is 11.9 Å².